The van der Waals surface area contributed by atoms with Crippen molar-refractivity contribution in [2.45, 2.75) is 25.2 Å². The van der Waals surface area contributed by atoms with Gasteiger partial charge in [-0.05, 0) is 35.3 Å². The number of nitrogens with zero attached hydrogens (tertiary/aromatic N) is 1. The molecule has 0 radical (unpaired) electrons. The Hall–Kier alpha value is -1.22. The Balaban J connectivity index is 2.01. The predicted octanol–water partition coefficient (Wildman–Crippen LogP) is 3.79. The number of oxime groups is 1. The third-order valence-electron chi connectivity index (χ3n) is 3.52. The molecule has 1 aliphatic carbocycles. The normalized spacial score (nSPS) is 26.4. The van der Waals surface area contributed by atoms with Gasteiger partial charge in [-0.2, -0.15) is 0 Å². The van der Waals surface area contributed by atoms with Crippen LogP contribution in [0.2, 0.25) is 0 Å². The first-order valence-electron chi connectivity index (χ1n) is 6.02. The fourth-order valence-electron chi connectivity index (χ4n) is 2.71. The largest absolute Gasteiger partial charge is 0.411 e. The summed E-state index contributed by atoms with van der Waals surface area (Å²) in [7, 11) is 0. The number of rotatable bonds is 1. The summed E-state index contributed by atoms with van der Waals surface area (Å²) in [6.07, 6.45) is 3.19. The minimum absolute atomic E-state index is 0.419. The van der Waals surface area contributed by atoms with Gasteiger partial charge in [-0.25, -0.2) is 0 Å². The average molecular weight is 245 g/mol. The second-order valence-electron chi connectivity index (χ2n) is 4.51. The third kappa shape index (κ3) is 1.89. The number of benzene rings is 1. The van der Waals surface area contributed by atoms with Gasteiger partial charge < -0.3 is 5.21 Å². The minimum atomic E-state index is 0.419. The van der Waals surface area contributed by atoms with E-state index in [9.17, 15) is 0 Å². The molecule has 2 nitrogen and oxygen atoms in total. The summed E-state index contributed by atoms with van der Waals surface area (Å²) < 4.78 is 0. The smallest absolute Gasteiger partial charge is 0.0842 e. The van der Waals surface area contributed by atoms with Crippen molar-refractivity contribution in [1.82, 2.24) is 0 Å². The number of thioether (sulfide) groups is 1. The first kappa shape index (κ1) is 10.9. The molecule has 1 heterocycles. The highest BCUT2D eigenvalue weighted by Crippen LogP contribution is 2.47. The molecule has 0 bridgehead atoms. The monoisotopic (exact) mass is 245 g/mol. The van der Waals surface area contributed by atoms with Gasteiger partial charge in [0, 0.05) is 11.7 Å². The van der Waals surface area contributed by atoms with Crippen molar-refractivity contribution in [2.24, 2.45) is 5.16 Å². The number of hydrogen-bond acceptors (Lipinski definition) is 3. The Bertz CT molecular complexity index is 478. The summed E-state index contributed by atoms with van der Waals surface area (Å²) >= 11 is 1.94. The summed E-state index contributed by atoms with van der Waals surface area (Å²) in [5, 5.41) is 12.7. The Labute approximate surface area is 105 Å². The van der Waals surface area contributed by atoms with E-state index in [-0.39, 0.29) is 0 Å². The molecule has 17 heavy (non-hydrogen) atoms. The zero-order chi connectivity index (χ0) is 11.7. The SMILES string of the molecule is ON=C1CCCC2=C1C(c1ccccc1)CS2. The summed E-state index contributed by atoms with van der Waals surface area (Å²) in [5.41, 5.74) is 3.55. The van der Waals surface area contributed by atoms with E-state index in [0.29, 0.717) is 5.92 Å². The van der Waals surface area contributed by atoms with Crippen LogP contribution >= 0.6 is 11.8 Å². The Morgan fingerprint density at radius 1 is 1.18 bits per heavy atom. The molecule has 3 heteroatoms. The second kappa shape index (κ2) is 4.57. The molecular formula is C14H15NOS. The molecule has 88 valence electrons. The fourth-order valence-corrected chi connectivity index (χ4v) is 4.14. The lowest BCUT2D eigenvalue weighted by molar-refractivity contribution is 0.317. The lowest BCUT2D eigenvalue weighted by Gasteiger charge is -2.19. The van der Waals surface area contributed by atoms with Crippen molar-refractivity contribution >= 4 is 17.5 Å². The van der Waals surface area contributed by atoms with Crippen molar-refractivity contribution in [3.8, 4) is 0 Å². The predicted molar refractivity (Wildman–Crippen MR) is 71.7 cm³/mol. The maximum Gasteiger partial charge on any atom is 0.0842 e. The molecule has 1 aromatic carbocycles. The van der Waals surface area contributed by atoms with Crippen LogP contribution in [-0.4, -0.2) is 16.7 Å². The van der Waals surface area contributed by atoms with Crippen LogP contribution in [0.4, 0.5) is 0 Å². The molecule has 1 aromatic rings. The van der Waals surface area contributed by atoms with E-state index in [4.69, 9.17) is 5.21 Å². The molecule has 1 N–H and O–H groups in total. The average Bonchev–Trinajstić information content (AvgIpc) is 2.83. The highest BCUT2D eigenvalue weighted by Gasteiger charge is 2.32. The summed E-state index contributed by atoms with van der Waals surface area (Å²) in [6, 6.07) is 10.5. The molecule has 0 amide bonds. The topological polar surface area (TPSA) is 32.6 Å². The van der Waals surface area contributed by atoms with Crippen LogP contribution in [0.15, 0.2) is 46.0 Å². The first-order valence-corrected chi connectivity index (χ1v) is 7.01. The lowest BCUT2D eigenvalue weighted by atomic mass is 9.84. The van der Waals surface area contributed by atoms with E-state index in [1.165, 1.54) is 16.0 Å². The lowest BCUT2D eigenvalue weighted by Crippen LogP contribution is -2.14. The van der Waals surface area contributed by atoms with Gasteiger partial charge in [0.2, 0.25) is 0 Å². The van der Waals surface area contributed by atoms with Crippen LogP contribution in [-0.2, 0) is 0 Å². The molecular weight excluding hydrogens is 230 g/mol. The molecule has 1 atom stereocenters. The maximum atomic E-state index is 9.15. The quantitative estimate of drug-likeness (QED) is 0.603. The third-order valence-corrected chi connectivity index (χ3v) is 4.80. The van der Waals surface area contributed by atoms with E-state index in [0.717, 1.165) is 30.7 Å². The van der Waals surface area contributed by atoms with Crippen LogP contribution in [0, 0.1) is 0 Å². The molecule has 3 rings (SSSR count). The molecule has 0 fully saturated rings. The van der Waals surface area contributed by atoms with Crippen LogP contribution in [0.5, 0.6) is 0 Å². The number of allylic oxidation sites excluding steroid dienone is 2. The number of hydrogen-bond donors (Lipinski definition) is 1. The van der Waals surface area contributed by atoms with Crippen molar-refractivity contribution < 1.29 is 5.21 Å². The molecule has 1 aliphatic heterocycles. The van der Waals surface area contributed by atoms with Gasteiger partial charge in [0.05, 0.1) is 5.71 Å². The molecule has 1 unspecified atom stereocenters. The van der Waals surface area contributed by atoms with Gasteiger partial charge >= 0.3 is 0 Å². The zero-order valence-electron chi connectivity index (χ0n) is 9.60. The summed E-state index contributed by atoms with van der Waals surface area (Å²) in [4.78, 5) is 1.44. The van der Waals surface area contributed by atoms with Gasteiger partial charge in [0.15, 0.2) is 0 Å². The maximum absolute atomic E-state index is 9.15. The van der Waals surface area contributed by atoms with E-state index in [2.05, 4.69) is 29.4 Å². The van der Waals surface area contributed by atoms with E-state index < -0.39 is 0 Å². The van der Waals surface area contributed by atoms with E-state index in [1.807, 2.05) is 17.8 Å². The molecule has 2 aliphatic rings. The van der Waals surface area contributed by atoms with Gasteiger partial charge in [-0.15, -0.1) is 11.8 Å². The molecule has 0 saturated heterocycles. The highest BCUT2D eigenvalue weighted by molar-refractivity contribution is 8.03. The van der Waals surface area contributed by atoms with Gasteiger partial charge in [0.25, 0.3) is 0 Å². The van der Waals surface area contributed by atoms with Gasteiger partial charge in [-0.1, -0.05) is 35.5 Å². The van der Waals surface area contributed by atoms with Crippen molar-refractivity contribution in [2.75, 3.05) is 5.75 Å². The fraction of sp³-hybridized carbons (Fsp3) is 0.357. The van der Waals surface area contributed by atoms with Gasteiger partial charge in [-0.3, -0.25) is 0 Å². The standard InChI is InChI=1S/C14H15NOS/c16-15-12-7-4-8-13-14(12)11(9-17-13)10-5-2-1-3-6-10/h1-3,5-6,11,16H,4,7-9H2. The van der Waals surface area contributed by atoms with E-state index >= 15 is 0 Å². The van der Waals surface area contributed by atoms with E-state index in [1.54, 1.807) is 0 Å². The van der Waals surface area contributed by atoms with Crippen molar-refractivity contribution in [3.63, 3.8) is 0 Å². The Morgan fingerprint density at radius 3 is 2.76 bits per heavy atom. The Morgan fingerprint density at radius 2 is 2.00 bits per heavy atom. The van der Waals surface area contributed by atoms with Gasteiger partial charge in [0.1, 0.15) is 0 Å². The van der Waals surface area contributed by atoms with Crippen LogP contribution in [0.1, 0.15) is 30.7 Å². The second-order valence-corrected chi connectivity index (χ2v) is 5.63. The Kier molecular flexibility index (Phi) is 2.93. The first-order chi connectivity index (χ1) is 8.40. The van der Waals surface area contributed by atoms with Crippen LogP contribution < -0.4 is 0 Å². The summed E-state index contributed by atoms with van der Waals surface area (Å²) in [6.45, 7) is 0. The zero-order valence-corrected chi connectivity index (χ0v) is 10.4. The van der Waals surface area contributed by atoms with Crippen LogP contribution in [0.3, 0.4) is 0 Å². The summed E-state index contributed by atoms with van der Waals surface area (Å²) in [5.74, 6) is 1.51. The molecule has 0 saturated carbocycles. The highest BCUT2D eigenvalue weighted by atomic mass is 32.2. The van der Waals surface area contributed by atoms with Crippen molar-refractivity contribution in [3.05, 3.63) is 46.4 Å². The minimum Gasteiger partial charge on any atom is -0.411 e. The molecule has 0 spiro atoms. The van der Waals surface area contributed by atoms with Crippen molar-refractivity contribution in [1.29, 1.82) is 0 Å². The molecule has 0 aromatic heterocycles. The van der Waals surface area contributed by atoms with Crippen LogP contribution in [0.25, 0.3) is 0 Å².